The second-order valence-corrected chi connectivity index (χ2v) is 6.88. The minimum atomic E-state index is -0.445. The molecule has 0 spiro atoms. The van der Waals surface area contributed by atoms with Crippen LogP contribution in [0.2, 0.25) is 0 Å². The van der Waals surface area contributed by atoms with Crippen LogP contribution < -0.4 is 15.9 Å². The Morgan fingerprint density at radius 2 is 1.93 bits per heavy atom. The monoisotopic (exact) mass is 412 g/mol. The van der Waals surface area contributed by atoms with Crippen molar-refractivity contribution in [3.8, 4) is 5.75 Å². The molecular weight excluding hydrogens is 396 g/mol. The van der Waals surface area contributed by atoms with Crippen molar-refractivity contribution in [1.82, 2.24) is 15.6 Å². The van der Waals surface area contributed by atoms with E-state index in [2.05, 4.69) is 20.7 Å². The molecule has 2 aromatic carbocycles. The Hall–Kier alpha value is -3.86. The average molecular weight is 412 g/mol. The van der Waals surface area contributed by atoms with Crippen LogP contribution in [0.3, 0.4) is 0 Å². The van der Waals surface area contributed by atoms with Gasteiger partial charge in [-0.15, -0.1) is 10.2 Å². The summed E-state index contributed by atoms with van der Waals surface area (Å²) in [7, 11) is 0. The number of hydrazone groups is 1. The maximum Gasteiger partial charge on any atom is 0.269 e. The third-order valence-corrected chi connectivity index (χ3v) is 4.38. The molecule has 1 amide bonds. The first-order valence-electron chi connectivity index (χ1n) is 8.35. The summed E-state index contributed by atoms with van der Waals surface area (Å²) in [5.74, 6) is 0.318. The Morgan fingerprint density at radius 1 is 1.21 bits per heavy atom. The molecule has 0 saturated heterocycles. The lowest BCUT2D eigenvalue weighted by Crippen LogP contribution is -2.19. The summed E-state index contributed by atoms with van der Waals surface area (Å²) in [5, 5.41) is 22.8. The van der Waals surface area contributed by atoms with Crippen molar-refractivity contribution in [2.45, 2.75) is 13.0 Å². The van der Waals surface area contributed by atoms with Gasteiger partial charge in [-0.2, -0.15) is 5.10 Å². The van der Waals surface area contributed by atoms with Crippen LogP contribution in [-0.2, 0) is 17.8 Å². The summed E-state index contributed by atoms with van der Waals surface area (Å²) >= 11 is 1.15. The van der Waals surface area contributed by atoms with Gasteiger partial charge in [-0.25, -0.2) is 5.43 Å². The van der Waals surface area contributed by atoms with Crippen LogP contribution in [0.1, 0.15) is 16.1 Å². The van der Waals surface area contributed by atoms with Gasteiger partial charge in [-0.3, -0.25) is 14.9 Å². The molecular formula is C18H16N6O4S. The second kappa shape index (κ2) is 9.37. The zero-order chi connectivity index (χ0) is 20.6. The maximum atomic E-state index is 11.8. The third kappa shape index (κ3) is 6.07. The van der Waals surface area contributed by atoms with E-state index in [9.17, 15) is 14.9 Å². The van der Waals surface area contributed by atoms with Crippen LogP contribution in [-0.4, -0.2) is 27.2 Å². The number of carbonyl (C=O) groups is 1. The third-order valence-electron chi connectivity index (χ3n) is 3.63. The molecule has 0 fully saturated rings. The highest BCUT2D eigenvalue weighted by Crippen LogP contribution is 2.16. The number of anilines is 1. The quantitative estimate of drug-likeness (QED) is 0.328. The van der Waals surface area contributed by atoms with Gasteiger partial charge in [-0.1, -0.05) is 11.3 Å². The summed E-state index contributed by atoms with van der Waals surface area (Å²) in [6, 6.07) is 13.3. The fourth-order valence-corrected chi connectivity index (χ4v) is 2.83. The molecule has 29 heavy (non-hydrogen) atoms. The number of hydrogen-bond acceptors (Lipinski definition) is 9. The SMILES string of the molecule is Nc1nnc(CC(=O)N/N=C\c2ccc(OCc3ccc([N+](=O)[O-])cc3)cc2)s1. The van der Waals surface area contributed by atoms with Crippen molar-refractivity contribution in [3.63, 3.8) is 0 Å². The van der Waals surface area contributed by atoms with Crippen LogP contribution in [0.15, 0.2) is 53.6 Å². The molecule has 3 N–H and O–H groups in total. The highest BCUT2D eigenvalue weighted by atomic mass is 32.1. The molecule has 0 aliphatic heterocycles. The van der Waals surface area contributed by atoms with E-state index >= 15 is 0 Å². The topological polar surface area (TPSA) is 146 Å². The van der Waals surface area contributed by atoms with E-state index in [0.717, 1.165) is 22.5 Å². The molecule has 3 aromatic rings. The van der Waals surface area contributed by atoms with E-state index < -0.39 is 4.92 Å². The molecule has 0 atom stereocenters. The van der Waals surface area contributed by atoms with E-state index in [1.807, 2.05) is 0 Å². The van der Waals surface area contributed by atoms with Gasteiger partial charge in [0.15, 0.2) is 0 Å². The molecule has 0 aliphatic rings. The number of rotatable bonds is 8. The standard InChI is InChI=1S/C18H16N6O4S/c19-18-23-22-17(29-18)9-16(25)21-20-10-12-3-7-15(8-4-12)28-11-13-1-5-14(6-2-13)24(26)27/h1-8,10H,9,11H2,(H2,19,23)(H,21,25)/b20-10-. The second-order valence-electron chi connectivity index (χ2n) is 5.79. The molecule has 1 aromatic heterocycles. The summed E-state index contributed by atoms with van der Waals surface area (Å²) in [5.41, 5.74) is 9.51. The number of nitrogens with zero attached hydrogens (tertiary/aromatic N) is 4. The van der Waals surface area contributed by atoms with Gasteiger partial charge >= 0.3 is 0 Å². The number of benzene rings is 2. The lowest BCUT2D eigenvalue weighted by Gasteiger charge is -2.06. The number of carbonyl (C=O) groups excluding carboxylic acids is 1. The van der Waals surface area contributed by atoms with Crippen LogP contribution in [0.25, 0.3) is 0 Å². The van der Waals surface area contributed by atoms with Crippen LogP contribution in [0.5, 0.6) is 5.75 Å². The average Bonchev–Trinajstić information content (AvgIpc) is 3.12. The Bertz CT molecular complexity index is 1020. The first kappa shape index (κ1) is 19.9. The summed E-state index contributed by atoms with van der Waals surface area (Å²) < 4.78 is 5.65. The first-order valence-corrected chi connectivity index (χ1v) is 9.17. The zero-order valence-electron chi connectivity index (χ0n) is 15.0. The lowest BCUT2D eigenvalue weighted by atomic mass is 10.2. The number of aromatic nitrogens is 2. The molecule has 0 unspecified atom stereocenters. The van der Waals surface area contributed by atoms with Crippen molar-refractivity contribution in [2.24, 2.45) is 5.10 Å². The molecule has 148 valence electrons. The summed E-state index contributed by atoms with van der Waals surface area (Å²) in [6.07, 6.45) is 1.56. The number of hydrogen-bond donors (Lipinski definition) is 2. The lowest BCUT2D eigenvalue weighted by molar-refractivity contribution is -0.384. The van der Waals surface area contributed by atoms with Gasteiger partial charge in [0.2, 0.25) is 11.0 Å². The van der Waals surface area contributed by atoms with Crippen LogP contribution in [0.4, 0.5) is 10.8 Å². The van der Waals surface area contributed by atoms with E-state index in [-0.39, 0.29) is 24.6 Å². The van der Waals surface area contributed by atoms with E-state index in [1.165, 1.54) is 18.3 Å². The smallest absolute Gasteiger partial charge is 0.269 e. The molecule has 3 rings (SSSR count). The van der Waals surface area contributed by atoms with Gasteiger partial charge in [-0.05, 0) is 47.5 Å². The number of non-ortho nitro benzene ring substituents is 1. The Balaban J connectivity index is 1.46. The zero-order valence-corrected chi connectivity index (χ0v) is 15.8. The van der Waals surface area contributed by atoms with E-state index in [1.54, 1.807) is 36.4 Å². The largest absolute Gasteiger partial charge is 0.489 e. The van der Waals surface area contributed by atoms with Gasteiger partial charge in [0.05, 0.1) is 17.6 Å². The number of nitro groups is 1. The summed E-state index contributed by atoms with van der Waals surface area (Å²) in [6.45, 7) is 0.289. The molecule has 0 bridgehead atoms. The fraction of sp³-hybridized carbons (Fsp3) is 0.111. The number of nitrogens with one attached hydrogen (secondary N) is 1. The van der Waals surface area contributed by atoms with Gasteiger partial charge < -0.3 is 10.5 Å². The predicted octanol–water partition coefficient (Wildman–Crippen LogP) is 2.30. The Kier molecular flexibility index (Phi) is 6.43. The molecule has 0 saturated carbocycles. The molecule has 0 radical (unpaired) electrons. The minimum Gasteiger partial charge on any atom is -0.489 e. The van der Waals surface area contributed by atoms with Gasteiger partial charge in [0.25, 0.3) is 5.69 Å². The number of nitrogens with two attached hydrogens (primary N) is 1. The van der Waals surface area contributed by atoms with Crippen molar-refractivity contribution < 1.29 is 14.5 Å². The summed E-state index contributed by atoms with van der Waals surface area (Å²) in [4.78, 5) is 22.0. The molecule has 1 heterocycles. The van der Waals surface area contributed by atoms with Crippen LogP contribution >= 0.6 is 11.3 Å². The Labute approximate surface area is 169 Å². The van der Waals surface area contributed by atoms with E-state index in [4.69, 9.17) is 10.5 Å². The maximum absolute atomic E-state index is 11.8. The number of ether oxygens (including phenoxy) is 1. The number of nitro benzene ring substituents is 1. The molecule has 11 heteroatoms. The predicted molar refractivity (Wildman–Crippen MR) is 108 cm³/mol. The van der Waals surface area contributed by atoms with Crippen molar-refractivity contribution in [2.75, 3.05) is 5.73 Å². The Morgan fingerprint density at radius 3 is 2.55 bits per heavy atom. The van der Waals surface area contributed by atoms with Crippen molar-refractivity contribution in [1.29, 1.82) is 0 Å². The molecule has 10 nitrogen and oxygen atoms in total. The normalized spacial score (nSPS) is 10.8. The van der Waals surface area contributed by atoms with Gasteiger partial charge in [0, 0.05) is 12.1 Å². The number of nitrogen functional groups attached to an aromatic ring is 1. The molecule has 0 aliphatic carbocycles. The van der Waals surface area contributed by atoms with Gasteiger partial charge in [0.1, 0.15) is 17.4 Å². The van der Waals surface area contributed by atoms with Crippen molar-refractivity contribution >= 4 is 34.3 Å². The van der Waals surface area contributed by atoms with Crippen LogP contribution in [0, 0.1) is 10.1 Å². The fourth-order valence-electron chi connectivity index (χ4n) is 2.22. The first-order chi connectivity index (χ1) is 14.0. The van der Waals surface area contributed by atoms with E-state index in [0.29, 0.717) is 15.9 Å². The van der Waals surface area contributed by atoms with Crippen molar-refractivity contribution in [3.05, 3.63) is 74.8 Å². The highest BCUT2D eigenvalue weighted by Gasteiger charge is 2.07. The number of amides is 1. The minimum absolute atomic E-state index is 0.0388. The highest BCUT2D eigenvalue weighted by molar-refractivity contribution is 7.15.